The minimum absolute atomic E-state index is 0.0904. The molecule has 3 aromatic carbocycles. The predicted molar refractivity (Wildman–Crippen MR) is 118 cm³/mol. The van der Waals surface area contributed by atoms with E-state index in [9.17, 15) is 14.7 Å². The van der Waals surface area contributed by atoms with E-state index in [0.717, 1.165) is 11.3 Å². The first-order valence-corrected chi connectivity index (χ1v) is 9.68. The van der Waals surface area contributed by atoms with Crippen LogP contribution >= 0.6 is 0 Å². The molecule has 0 radical (unpaired) electrons. The van der Waals surface area contributed by atoms with Gasteiger partial charge in [-0.25, -0.2) is 0 Å². The number of carbonyl (C=O) groups excluding carboxylic acids is 2. The van der Waals surface area contributed by atoms with Crippen LogP contribution in [0.4, 0.5) is 11.4 Å². The average molecular weight is 398 g/mol. The molecule has 1 atom stereocenters. The number of benzene rings is 3. The van der Waals surface area contributed by atoms with Gasteiger partial charge in [0.15, 0.2) is 0 Å². The van der Waals surface area contributed by atoms with Gasteiger partial charge < -0.3 is 10.0 Å². The van der Waals surface area contributed by atoms with E-state index in [2.05, 4.69) is 0 Å². The van der Waals surface area contributed by atoms with Crippen LogP contribution in [0.25, 0.3) is 5.76 Å². The number of para-hydroxylation sites is 1. The normalized spacial score (nSPS) is 17.9. The van der Waals surface area contributed by atoms with Gasteiger partial charge in [0.2, 0.25) is 0 Å². The van der Waals surface area contributed by atoms with Crippen LogP contribution < -0.4 is 9.80 Å². The van der Waals surface area contributed by atoms with Crippen molar-refractivity contribution in [3.05, 3.63) is 102 Å². The summed E-state index contributed by atoms with van der Waals surface area (Å²) < 4.78 is 0. The number of aliphatic hydroxyl groups excluding tert-OH is 1. The Balaban J connectivity index is 1.92. The predicted octanol–water partition coefficient (Wildman–Crippen LogP) is 4.38. The number of aliphatic hydroxyl groups is 1. The van der Waals surface area contributed by atoms with Crippen LogP contribution in [0.2, 0.25) is 0 Å². The molecule has 150 valence electrons. The molecular weight excluding hydrogens is 376 g/mol. The van der Waals surface area contributed by atoms with Gasteiger partial charge in [-0.3, -0.25) is 14.5 Å². The fourth-order valence-electron chi connectivity index (χ4n) is 3.71. The van der Waals surface area contributed by atoms with Crippen molar-refractivity contribution in [1.29, 1.82) is 0 Å². The van der Waals surface area contributed by atoms with Crippen LogP contribution in [0.5, 0.6) is 0 Å². The molecule has 5 nitrogen and oxygen atoms in total. The molecule has 0 bridgehead atoms. The summed E-state index contributed by atoms with van der Waals surface area (Å²) in [5.41, 5.74) is 2.94. The molecule has 1 saturated heterocycles. The maximum Gasteiger partial charge on any atom is 0.300 e. The first kappa shape index (κ1) is 19.5. The van der Waals surface area contributed by atoms with Crippen molar-refractivity contribution in [1.82, 2.24) is 0 Å². The van der Waals surface area contributed by atoms with Gasteiger partial charge in [-0.2, -0.15) is 0 Å². The molecule has 1 aliphatic heterocycles. The van der Waals surface area contributed by atoms with Crippen LogP contribution in [-0.2, 0) is 9.59 Å². The minimum atomic E-state index is -0.719. The zero-order valence-electron chi connectivity index (χ0n) is 16.8. The summed E-state index contributed by atoms with van der Waals surface area (Å²) in [5.74, 6) is -1.52. The average Bonchev–Trinajstić information content (AvgIpc) is 3.05. The Hall–Kier alpha value is -3.86. The Kier molecular flexibility index (Phi) is 5.11. The van der Waals surface area contributed by atoms with Gasteiger partial charge in [-0.1, -0.05) is 60.7 Å². The van der Waals surface area contributed by atoms with Crippen molar-refractivity contribution in [2.75, 3.05) is 23.9 Å². The van der Waals surface area contributed by atoms with E-state index in [4.69, 9.17) is 0 Å². The Morgan fingerprint density at radius 3 is 1.97 bits per heavy atom. The summed E-state index contributed by atoms with van der Waals surface area (Å²) in [6.07, 6.45) is 0. The SMILES string of the molecule is CN(C)c1ccc([C@@H]2/C(=C(\O)c3ccccc3)C(=O)C(=O)N2c2ccccc2)cc1. The number of Topliss-reactive ketones (excluding diaryl/α,β-unsaturated/α-hetero) is 1. The Bertz CT molecular complexity index is 1100. The Morgan fingerprint density at radius 2 is 1.40 bits per heavy atom. The van der Waals surface area contributed by atoms with Crippen LogP contribution in [0.3, 0.4) is 0 Å². The topological polar surface area (TPSA) is 60.9 Å². The number of amides is 1. The molecule has 1 amide bonds. The van der Waals surface area contributed by atoms with Crippen molar-refractivity contribution in [2.24, 2.45) is 0 Å². The minimum Gasteiger partial charge on any atom is -0.507 e. The highest BCUT2D eigenvalue weighted by molar-refractivity contribution is 6.51. The summed E-state index contributed by atoms with van der Waals surface area (Å²) in [4.78, 5) is 29.5. The summed E-state index contributed by atoms with van der Waals surface area (Å²) in [6, 6.07) is 24.8. The first-order valence-electron chi connectivity index (χ1n) is 9.68. The molecule has 1 fully saturated rings. The van der Waals surface area contributed by atoms with Gasteiger partial charge in [0.25, 0.3) is 11.7 Å². The number of carbonyl (C=O) groups is 2. The molecule has 0 aromatic heterocycles. The van der Waals surface area contributed by atoms with Gasteiger partial charge in [0, 0.05) is 31.0 Å². The van der Waals surface area contributed by atoms with Crippen LogP contribution in [0.1, 0.15) is 17.2 Å². The fourth-order valence-corrected chi connectivity index (χ4v) is 3.71. The highest BCUT2D eigenvalue weighted by atomic mass is 16.3. The number of hydrogen-bond acceptors (Lipinski definition) is 4. The third kappa shape index (κ3) is 3.35. The molecule has 1 heterocycles. The second-order valence-electron chi connectivity index (χ2n) is 7.36. The second-order valence-corrected chi connectivity index (χ2v) is 7.36. The molecule has 0 saturated carbocycles. The van der Waals surface area contributed by atoms with Crippen molar-refractivity contribution in [3.8, 4) is 0 Å². The summed E-state index contributed by atoms with van der Waals surface area (Å²) in [7, 11) is 3.89. The maximum absolute atomic E-state index is 13.0. The molecule has 5 heteroatoms. The Labute approximate surface area is 175 Å². The van der Waals surface area contributed by atoms with Crippen molar-refractivity contribution in [3.63, 3.8) is 0 Å². The smallest absolute Gasteiger partial charge is 0.300 e. The largest absolute Gasteiger partial charge is 0.507 e. The quantitative estimate of drug-likeness (QED) is 0.403. The molecule has 30 heavy (non-hydrogen) atoms. The molecular formula is C25H22N2O3. The van der Waals surface area contributed by atoms with Gasteiger partial charge in [-0.05, 0) is 29.8 Å². The van der Waals surface area contributed by atoms with E-state index in [1.54, 1.807) is 36.4 Å². The third-order valence-corrected chi connectivity index (χ3v) is 5.25. The monoisotopic (exact) mass is 398 g/mol. The Morgan fingerprint density at radius 1 is 0.833 bits per heavy atom. The van der Waals surface area contributed by atoms with Gasteiger partial charge in [-0.15, -0.1) is 0 Å². The second kappa shape index (κ2) is 7.87. The van der Waals surface area contributed by atoms with Crippen LogP contribution in [0.15, 0.2) is 90.5 Å². The summed E-state index contributed by atoms with van der Waals surface area (Å²) in [5, 5.41) is 11.0. The van der Waals surface area contributed by atoms with E-state index in [-0.39, 0.29) is 11.3 Å². The highest BCUT2D eigenvalue weighted by Gasteiger charge is 2.46. The number of hydrogen-bond donors (Lipinski definition) is 1. The number of ketones is 1. The molecule has 0 spiro atoms. The lowest BCUT2D eigenvalue weighted by molar-refractivity contribution is -0.132. The lowest BCUT2D eigenvalue weighted by Gasteiger charge is -2.26. The zero-order valence-corrected chi connectivity index (χ0v) is 16.8. The van der Waals surface area contributed by atoms with Crippen molar-refractivity contribution < 1.29 is 14.7 Å². The van der Waals surface area contributed by atoms with E-state index in [1.807, 2.05) is 67.5 Å². The van der Waals surface area contributed by atoms with Crippen molar-refractivity contribution >= 4 is 28.8 Å². The molecule has 4 rings (SSSR count). The number of nitrogens with zero attached hydrogens (tertiary/aromatic N) is 2. The lowest BCUT2D eigenvalue weighted by Crippen LogP contribution is -2.29. The van der Waals surface area contributed by atoms with Gasteiger partial charge >= 0.3 is 0 Å². The van der Waals surface area contributed by atoms with Crippen molar-refractivity contribution in [2.45, 2.75) is 6.04 Å². The van der Waals surface area contributed by atoms with E-state index >= 15 is 0 Å². The van der Waals surface area contributed by atoms with Crippen LogP contribution in [-0.4, -0.2) is 30.9 Å². The van der Waals surface area contributed by atoms with Gasteiger partial charge in [0.1, 0.15) is 5.76 Å². The third-order valence-electron chi connectivity index (χ3n) is 5.25. The maximum atomic E-state index is 13.0. The zero-order chi connectivity index (χ0) is 21.3. The van der Waals surface area contributed by atoms with E-state index in [0.29, 0.717) is 11.3 Å². The fraction of sp³-hybridized carbons (Fsp3) is 0.120. The lowest BCUT2D eigenvalue weighted by atomic mass is 9.95. The standard InChI is InChI=1S/C25H22N2O3/c1-26(2)19-15-13-17(14-16-19)22-21(23(28)18-9-5-3-6-10-18)24(29)25(30)27(22)20-11-7-4-8-12-20/h3-16,22,28H,1-2H3/b23-21+/t22-/m1/s1. The number of anilines is 2. The highest BCUT2D eigenvalue weighted by Crippen LogP contribution is 2.42. The van der Waals surface area contributed by atoms with E-state index in [1.165, 1.54) is 4.90 Å². The summed E-state index contributed by atoms with van der Waals surface area (Å²) >= 11 is 0. The molecule has 0 unspecified atom stereocenters. The molecule has 1 aliphatic rings. The van der Waals surface area contributed by atoms with E-state index < -0.39 is 17.7 Å². The first-order chi connectivity index (χ1) is 14.5. The molecule has 3 aromatic rings. The molecule has 1 N–H and O–H groups in total. The van der Waals surface area contributed by atoms with Crippen LogP contribution in [0, 0.1) is 0 Å². The number of rotatable bonds is 4. The molecule has 0 aliphatic carbocycles. The van der Waals surface area contributed by atoms with Gasteiger partial charge in [0.05, 0.1) is 11.6 Å². The summed E-state index contributed by atoms with van der Waals surface area (Å²) in [6.45, 7) is 0.